The molecule has 0 amide bonds. The van der Waals surface area contributed by atoms with Crippen LogP contribution in [-0.2, 0) is 4.74 Å². The maximum absolute atomic E-state index is 9.72. The molecule has 1 fully saturated rings. The molecule has 3 heteroatoms. The molecule has 1 aliphatic rings. The minimum absolute atomic E-state index is 0.0304. The first-order valence-corrected chi connectivity index (χ1v) is 5.13. The highest BCUT2D eigenvalue weighted by atomic mass is 16.5. The topological polar surface area (TPSA) is 49.7 Å². The van der Waals surface area contributed by atoms with Crippen LogP contribution >= 0.6 is 0 Å². The SMILES string of the molecule is CCC1O[C@@H](CC)[C@@H](C)C(O)[C@@H]1O. The average Bonchev–Trinajstić information content (AvgIpc) is 2.15. The molecular weight excluding hydrogens is 168 g/mol. The first-order chi connectivity index (χ1) is 6.11. The molecule has 0 aromatic heterocycles. The van der Waals surface area contributed by atoms with Gasteiger partial charge in [-0.05, 0) is 12.8 Å². The normalized spacial score (nSPS) is 46.4. The number of ether oxygens (including phenoxy) is 1. The summed E-state index contributed by atoms with van der Waals surface area (Å²) in [6.07, 6.45) is 0.175. The fraction of sp³-hybridized carbons (Fsp3) is 1.00. The third-order valence-electron chi connectivity index (χ3n) is 3.01. The predicted molar refractivity (Wildman–Crippen MR) is 50.4 cm³/mol. The Morgan fingerprint density at radius 2 is 1.54 bits per heavy atom. The quantitative estimate of drug-likeness (QED) is 0.678. The van der Waals surface area contributed by atoms with Crippen molar-refractivity contribution in [3.8, 4) is 0 Å². The summed E-state index contributed by atoms with van der Waals surface area (Å²) in [5.41, 5.74) is 0. The van der Waals surface area contributed by atoms with Crippen LogP contribution in [0.3, 0.4) is 0 Å². The Bertz CT molecular complexity index is 140. The van der Waals surface area contributed by atoms with Crippen molar-refractivity contribution in [3.63, 3.8) is 0 Å². The summed E-state index contributed by atoms with van der Waals surface area (Å²) in [4.78, 5) is 0. The van der Waals surface area contributed by atoms with Crippen LogP contribution in [0.25, 0.3) is 0 Å². The summed E-state index contributed by atoms with van der Waals surface area (Å²) in [5.74, 6) is 0.0304. The standard InChI is InChI=1S/C10H20O3/c1-4-7-6(3)9(11)10(12)8(5-2)13-7/h6-12H,4-5H2,1-3H3/t6-,7+,8?,9?,10-/m1/s1. The fourth-order valence-corrected chi connectivity index (χ4v) is 1.99. The molecule has 1 heterocycles. The van der Waals surface area contributed by atoms with Gasteiger partial charge in [0.25, 0.3) is 0 Å². The van der Waals surface area contributed by atoms with Crippen LogP contribution in [0, 0.1) is 5.92 Å². The molecular formula is C10H20O3. The van der Waals surface area contributed by atoms with Crippen molar-refractivity contribution < 1.29 is 14.9 Å². The van der Waals surface area contributed by atoms with Crippen molar-refractivity contribution in [1.82, 2.24) is 0 Å². The highest BCUT2D eigenvalue weighted by molar-refractivity contribution is 4.88. The van der Waals surface area contributed by atoms with Gasteiger partial charge in [0.2, 0.25) is 0 Å². The van der Waals surface area contributed by atoms with Gasteiger partial charge >= 0.3 is 0 Å². The zero-order chi connectivity index (χ0) is 10.0. The van der Waals surface area contributed by atoms with E-state index in [4.69, 9.17) is 4.74 Å². The van der Waals surface area contributed by atoms with Crippen molar-refractivity contribution in [3.05, 3.63) is 0 Å². The second kappa shape index (κ2) is 4.40. The Morgan fingerprint density at radius 3 is 2.00 bits per heavy atom. The van der Waals surface area contributed by atoms with E-state index in [-0.39, 0.29) is 18.1 Å². The number of rotatable bonds is 2. The van der Waals surface area contributed by atoms with Gasteiger partial charge in [0.1, 0.15) is 6.10 Å². The van der Waals surface area contributed by atoms with E-state index in [1.54, 1.807) is 0 Å². The van der Waals surface area contributed by atoms with Gasteiger partial charge in [-0.15, -0.1) is 0 Å². The molecule has 0 aliphatic carbocycles. The maximum atomic E-state index is 9.72. The van der Waals surface area contributed by atoms with E-state index >= 15 is 0 Å². The van der Waals surface area contributed by atoms with Crippen LogP contribution in [0.15, 0.2) is 0 Å². The van der Waals surface area contributed by atoms with Crippen LogP contribution in [0.1, 0.15) is 33.6 Å². The summed E-state index contributed by atoms with van der Waals surface area (Å²) >= 11 is 0. The van der Waals surface area contributed by atoms with Crippen LogP contribution in [0.4, 0.5) is 0 Å². The highest BCUT2D eigenvalue weighted by Gasteiger charge is 2.40. The molecule has 78 valence electrons. The second-order valence-corrected chi connectivity index (χ2v) is 3.87. The fourth-order valence-electron chi connectivity index (χ4n) is 1.99. The van der Waals surface area contributed by atoms with E-state index in [0.29, 0.717) is 0 Å². The lowest BCUT2D eigenvalue weighted by Gasteiger charge is -2.41. The molecule has 3 nitrogen and oxygen atoms in total. The molecule has 1 saturated heterocycles. The van der Waals surface area contributed by atoms with E-state index in [9.17, 15) is 10.2 Å². The largest absolute Gasteiger partial charge is 0.390 e. The molecule has 0 saturated carbocycles. The van der Waals surface area contributed by atoms with Gasteiger partial charge in [0.05, 0.1) is 18.3 Å². The Balaban J connectivity index is 2.66. The summed E-state index contributed by atoms with van der Waals surface area (Å²) in [5, 5.41) is 19.4. The van der Waals surface area contributed by atoms with Gasteiger partial charge in [-0.1, -0.05) is 20.8 Å². The van der Waals surface area contributed by atoms with Gasteiger partial charge in [-0.3, -0.25) is 0 Å². The maximum Gasteiger partial charge on any atom is 0.106 e. The molecule has 0 aromatic carbocycles. The Kier molecular flexibility index (Phi) is 3.71. The Hall–Kier alpha value is -0.120. The monoisotopic (exact) mass is 188 g/mol. The van der Waals surface area contributed by atoms with Crippen molar-refractivity contribution >= 4 is 0 Å². The van der Waals surface area contributed by atoms with Crippen molar-refractivity contribution in [2.75, 3.05) is 0 Å². The Labute approximate surface area is 79.7 Å². The third-order valence-corrected chi connectivity index (χ3v) is 3.01. The van der Waals surface area contributed by atoms with Gasteiger partial charge < -0.3 is 14.9 Å². The number of aliphatic hydroxyl groups excluding tert-OH is 2. The molecule has 1 rings (SSSR count). The number of hydrogen-bond donors (Lipinski definition) is 2. The van der Waals surface area contributed by atoms with Crippen LogP contribution in [0.2, 0.25) is 0 Å². The lowest BCUT2D eigenvalue weighted by atomic mass is 9.86. The van der Waals surface area contributed by atoms with Gasteiger partial charge in [0, 0.05) is 5.92 Å². The van der Waals surface area contributed by atoms with Crippen molar-refractivity contribution in [2.45, 2.75) is 58.0 Å². The molecule has 5 atom stereocenters. The number of aliphatic hydroxyl groups is 2. The van der Waals surface area contributed by atoms with Crippen molar-refractivity contribution in [1.29, 1.82) is 0 Å². The minimum atomic E-state index is -0.720. The predicted octanol–water partition coefficient (Wildman–Crippen LogP) is 0.932. The first-order valence-electron chi connectivity index (χ1n) is 5.13. The smallest absolute Gasteiger partial charge is 0.106 e. The third kappa shape index (κ3) is 2.03. The van der Waals surface area contributed by atoms with E-state index in [1.807, 2.05) is 20.8 Å². The van der Waals surface area contributed by atoms with Crippen molar-refractivity contribution in [2.24, 2.45) is 5.92 Å². The highest BCUT2D eigenvalue weighted by Crippen LogP contribution is 2.28. The summed E-state index contributed by atoms with van der Waals surface area (Å²) in [6, 6.07) is 0. The van der Waals surface area contributed by atoms with Crippen LogP contribution in [-0.4, -0.2) is 34.6 Å². The molecule has 2 N–H and O–H groups in total. The van der Waals surface area contributed by atoms with Crippen LogP contribution in [0.5, 0.6) is 0 Å². The van der Waals surface area contributed by atoms with Crippen LogP contribution < -0.4 is 0 Å². The molecule has 13 heavy (non-hydrogen) atoms. The van der Waals surface area contributed by atoms with E-state index in [1.165, 1.54) is 0 Å². The second-order valence-electron chi connectivity index (χ2n) is 3.87. The lowest BCUT2D eigenvalue weighted by molar-refractivity contribution is -0.196. The van der Waals surface area contributed by atoms with E-state index < -0.39 is 12.2 Å². The van der Waals surface area contributed by atoms with Gasteiger partial charge in [-0.25, -0.2) is 0 Å². The lowest BCUT2D eigenvalue weighted by Crippen LogP contribution is -2.52. The number of hydrogen-bond acceptors (Lipinski definition) is 3. The van der Waals surface area contributed by atoms with Gasteiger partial charge in [0.15, 0.2) is 0 Å². The van der Waals surface area contributed by atoms with Gasteiger partial charge in [-0.2, -0.15) is 0 Å². The molecule has 0 radical (unpaired) electrons. The summed E-state index contributed by atoms with van der Waals surface area (Å²) in [7, 11) is 0. The Morgan fingerprint density at radius 1 is 1.00 bits per heavy atom. The van der Waals surface area contributed by atoms with E-state index in [2.05, 4.69) is 0 Å². The average molecular weight is 188 g/mol. The molecule has 0 spiro atoms. The zero-order valence-electron chi connectivity index (χ0n) is 8.60. The first kappa shape index (κ1) is 11.0. The summed E-state index contributed by atoms with van der Waals surface area (Å²) in [6.45, 7) is 5.93. The molecule has 1 aliphatic heterocycles. The zero-order valence-corrected chi connectivity index (χ0v) is 8.60. The minimum Gasteiger partial charge on any atom is -0.390 e. The molecule has 0 bridgehead atoms. The molecule has 0 aromatic rings. The van der Waals surface area contributed by atoms with E-state index in [0.717, 1.165) is 12.8 Å². The summed E-state index contributed by atoms with van der Waals surface area (Å²) < 4.78 is 5.67. The molecule has 2 unspecified atom stereocenters.